The highest BCUT2D eigenvalue weighted by atomic mass is 16.4. The molecule has 0 saturated heterocycles. The third kappa shape index (κ3) is 6.02. The number of carboxylic acid groups (broad SMARTS) is 1. The Hall–Kier alpha value is -2.26. The molecule has 0 spiro atoms. The number of aromatic hydroxyl groups is 1. The zero-order valence-electron chi connectivity index (χ0n) is 9.29. The van der Waals surface area contributed by atoms with Crippen molar-refractivity contribution in [3.63, 3.8) is 0 Å². The van der Waals surface area contributed by atoms with Gasteiger partial charge in [0, 0.05) is 11.8 Å². The van der Waals surface area contributed by atoms with Crippen molar-refractivity contribution in [3.05, 3.63) is 23.8 Å². The Morgan fingerprint density at radius 1 is 1.59 bits per heavy atom. The minimum absolute atomic E-state index is 0.140. The van der Waals surface area contributed by atoms with Crippen LogP contribution in [0.4, 0.5) is 5.69 Å². The molecular formula is C11H14N2O4. The van der Waals surface area contributed by atoms with E-state index in [1.165, 1.54) is 18.2 Å². The van der Waals surface area contributed by atoms with E-state index < -0.39 is 12.1 Å². The van der Waals surface area contributed by atoms with Crippen LogP contribution in [0.2, 0.25) is 0 Å². The molecule has 0 aliphatic rings. The second kappa shape index (κ2) is 7.09. The minimum Gasteiger partial charge on any atom is -0.507 e. The third-order valence-electron chi connectivity index (χ3n) is 1.64. The van der Waals surface area contributed by atoms with Gasteiger partial charge in [0.1, 0.15) is 11.3 Å². The largest absolute Gasteiger partial charge is 0.507 e. The summed E-state index contributed by atoms with van der Waals surface area (Å²) in [6, 6.07) is 5.69. The Bertz CT molecular complexity index is 424. The molecule has 0 heterocycles. The van der Waals surface area contributed by atoms with Crippen molar-refractivity contribution in [1.29, 1.82) is 5.26 Å². The lowest BCUT2D eigenvalue weighted by Gasteiger charge is -1.98. The van der Waals surface area contributed by atoms with Gasteiger partial charge in [-0.2, -0.15) is 5.26 Å². The van der Waals surface area contributed by atoms with Crippen molar-refractivity contribution < 1.29 is 20.1 Å². The second-order valence-corrected chi connectivity index (χ2v) is 3.29. The van der Waals surface area contributed by atoms with Crippen molar-refractivity contribution in [3.8, 4) is 11.8 Å². The summed E-state index contributed by atoms with van der Waals surface area (Å²) in [5.74, 6) is -1.47. The summed E-state index contributed by atoms with van der Waals surface area (Å²) < 4.78 is 0. The maximum Gasteiger partial charge on any atom is 0.339 e. The molecule has 5 N–H and O–H groups in total. The maximum absolute atomic E-state index is 10.3. The number of rotatable bonds is 2. The molecule has 1 rings (SSSR count). The summed E-state index contributed by atoms with van der Waals surface area (Å²) in [4.78, 5) is 10.3. The fourth-order valence-corrected chi connectivity index (χ4v) is 0.862. The highest BCUT2D eigenvalue weighted by Crippen LogP contribution is 2.19. The average molecular weight is 238 g/mol. The summed E-state index contributed by atoms with van der Waals surface area (Å²) in [6.45, 7) is 1.59. The van der Waals surface area contributed by atoms with Gasteiger partial charge in [0.05, 0.1) is 18.6 Å². The highest BCUT2D eigenvalue weighted by molar-refractivity contribution is 5.91. The number of nitrogen functional groups attached to an aromatic ring is 1. The van der Waals surface area contributed by atoms with Crippen LogP contribution in [0.3, 0.4) is 0 Å². The molecule has 0 aliphatic carbocycles. The van der Waals surface area contributed by atoms with E-state index in [9.17, 15) is 4.79 Å². The van der Waals surface area contributed by atoms with E-state index in [1.807, 2.05) is 6.07 Å². The third-order valence-corrected chi connectivity index (χ3v) is 1.64. The minimum atomic E-state index is -1.16. The molecule has 0 radical (unpaired) electrons. The summed E-state index contributed by atoms with van der Waals surface area (Å²) in [6.07, 6.45) is -0.227. The van der Waals surface area contributed by atoms with Crippen LogP contribution < -0.4 is 5.73 Å². The Kier molecular flexibility index (Phi) is 6.14. The summed E-state index contributed by atoms with van der Waals surface area (Å²) in [7, 11) is 0. The zero-order valence-corrected chi connectivity index (χ0v) is 9.29. The van der Waals surface area contributed by atoms with Crippen molar-refractivity contribution in [2.24, 2.45) is 0 Å². The monoisotopic (exact) mass is 238 g/mol. The van der Waals surface area contributed by atoms with Crippen molar-refractivity contribution in [2.75, 3.05) is 5.73 Å². The fourth-order valence-electron chi connectivity index (χ4n) is 0.862. The number of carboxylic acids is 1. The lowest BCUT2D eigenvalue weighted by Crippen LogP contribution is -1.97. The summed E-state index contributed by atoms with van der Waals surface area (Å²) in [5, 5.41) is 33.6. The van der Waals surface area contributed by atoms with Crippen molar-refractivity contribution in [1.82, 2.24) is 0 Å². The molecule has 0 saturated carbocycles. The number of nitrogens with two attached hydrogens (primary N) is 1. The van der Waals surface area contributed by atoms with Crippen LogP contribution in [0.5, 0.6) is 5.75 Å². The van der Waals surface area contributed by atoms with Gasteiger partial charge in [-0.15, -0.1) is 0 Å². The number of aliphatic hydroxyl groups is 1. The number of anilines is 1. The number of nitrogens with zero attached hydrogens (tertiary/aromatic N) is 1. The van der Waals surface area contributed by atoms with Gasteiger partial charge in [-0.05, 0) is 19.1 Å². The smallest absolute Gasteiger partial charge is 0.339 e. The maximum atomic E-state index is 10.3. The van der Waals surface area contributed by atoms with Gasteiger partial charge in [-0.3, -0.25) is 0 Å². The van der Waals surface area contributed by atoms with Crippen LogP contribution >= 0.6 is 0 Å². The second-order valence-electron chi connectivity index (χ2n) is 3.29. The summed E-state index contributed by atoms with van der Waals surface area (Å²) >= 11 is 0. The molecule has 1 aromatic carbocycles. The number of benzene rings is 1. The van der Waals surface area contributed by atoms with Crippen LogP contribution in [0.1, 0.15) is 23.7 Å². The van der Waals surface area contributed by atoms with Crippen molar-refractivity contribution >= 4 is 11.7 Å². The molecule has 1 atom stereocenters. The first-order chi connectivity index (χ1) is 7.88. The lowest BCUT2D eigenvalue weighted by atomic mass is 10.2. The number of nitriles is 1. The molecular weight excluding hydrogens is 224 g/mol. The topological polar surface area (TPSA) is 128 Å². The molecule has 0 bridgehead atoms. The van der Waals surface area contributed by atoms with E-state index in [0.29, 0.717) is 5.69 Å². The van der Waals surface area contributed by atoms with Crippen LogP contribution in [-0.2, 0) is 0 Å². The van der Waals surface area contributed by atoms with Gasteiger partial charge >= 0.3 is 5.97 Å². The Balaban J connectivity index is 0.000000366. The van der Waals surface area contributed by atoms with E-state index in [1.54, 1.807) is 6.92 Å². The molecule has 0 aliphatic heterocycles. The van der Waals surface area contributed by atoms with E-state index in [-0.39, 0.29) is 17.7 Å². The number of carbonyl (C=O) groups is 1. The quantitative estimate of drug-likeness (QED) is 0.568. The Morgan fingerprint density at radius 2 is 2.18 bits per heavy atom. The Labute approximate surface area is 98.5 Å². The number of aromatic carboxylic acids is 1. The van der Waals surface area contributed by atoms with Crippen molar-refractivity contribution in [2.45, 2.75) is 19.4 Å². The van der Waals surface area contributed by atoms with Gasteiger partial charge in [-0.25, -0.2) is 4.79 Å². The van der Waals surface area contributed by atoms with E-state index >= 15 is 0 Å². The van der Waals surface area contributed by atoms with Gasteiger partial charge in [0.2, 0.25) is 0 Å². The van der Waals surface area contributed by atoms with Gasteiger partial charge < -0.3 is 21.1 Å². The number of aliphatic hydroxyl groups excluding tert-OH is 1. The molecule has 0 aromatic heterocycles. The SMILES string of the molecule is CC(O)CC#N.Nc1ccc(C(=O)O)c(O)c1. The van der Waals surface area contributed by atoms with Gasteiger partial charge in [0.25, 0.3) is 0 Å². The van der Waals surface area contributed by atoms with E-state index in [4.69, 9.17) is 26.3 Å². The van der Waals surface area contributed by atoms with Crippen LogP contribution in [0.15, 0.2) is 18.2 Å². The normalized spacial score (nSPS) is 10.6. The molecule has 6 nitrogen and oxygen atoms in total. The number of phenols is 1. The predicted octanol–water partition coefficient (Wildman–Crippen LogP) is 0.953. The Morgan fingerprint density at radius 3 is 2.47 bits per heavy atom. The number of hydrogen-bond donors (Lipinski definition) is 4. The first kappa shape index (κ1) is 14.7. The number of hydrogen-bond acceptors (Lipinski definition) is 5. The predicted molar refractivity (Wildman–Crippen MR) is 61.4 cm³/mol. The van der Waals surface area contributed by atoms with Gasteiger partial charge in [0.15, 0.2) is 0 Å². The first-order valence-electron chi connectivity index (χ1n) is 4.75. The standard InChI is InChI=1S/C7H7NO3.C4H7NO/c8-4-1-2-5(7(10)11)6(9)3-4;1-4(6)2-3-5/h1-3,9H,8H2,(H,10,11);4,6H,2H2,1H3. The fraction of sp³-hybridized carbons (Fsp3) is 0.273. The van der Waals surface area contributed by atoms with Gasteiger partial charge in [-0.1, -0.05) is 0 Å². The molecule has 1 unspecified atom stereocenters. The zero-order chi connectivity index (χ0) is 13.4. The van der Waals surface area contributed by atoms with Crippen LogP contribution in [-0.4, -0.2) is 27.4 Å². The first-order valence-corrected chi connectivity index (χ1v) is 4.75. The molecule has 92 valence electrons. The van der Waals surface area contributed by atoms with Crippen LogP contribution in [0, 0.1) is 11.3 Å². The lowest BCUT2D eigenvalue weighted by molar-refractivity contribution is 0.0694. The average Bonchev–Trinajstić information content (AvgIpc) is 2.17. The van der Waals surface area contributed by atoms with Crippen LogP contribution in [0.25, 0.3) is 0 Å². The summed E-state index contributed by atoms with van der Waals surface area (Å²) in [5.41, 5.74) is 5.48. The molecule has 0 fully saturated rings. The van der Waals surface area contributed by atoms with E-state index in [0.717, 1.165) is 0 Å². The molecule has 0 amide bonds. The molecule has 1 aromatic rings. The van der Waals surface area contributed by atoms with E-state index in [2.05, 4.69) is 0 Å². The molecule has 6 heteroatoms. The highest BCUT2D eigenvalue weighted by Gasteiger charge is 2.07. The molecule has 17 heavy (non-hydrogen) atoms.